The van der Waals surface area contributed by atoms with Crippen LogP contribution in [-0.2, 0) is 19.7 Å². The molecule has 0 atom stereocenters. The van der Waals surface area contributed by atoms with E-state index in [1.165, 1.54) is 30.0 Å². The zero-order valence-electron chi connectivity index (χ0n) is 21.2. The van der Waals surface area contributed by atoms with Gasteiger partial charge in [0, 0.05) is 25.6 Å². The van der Waals surface area contributed by atoms with Crippen molar-refractivity contribution in [2.45, 2.75) is 10.1 Å². The summed E-state index contributed by atoms with van der Waals surface area (Å²) >= 11 is 1.17. The zero-order valence-corrected chi connectivity index (χ0v) is 23.6. The van der Waals surface area contributed by atoms with Crippen LogP contribution >= 0.6 is 11.8 Å². The summed E-state index contributed by atoms with van der Waals surface area (Å²) in [6.07, 6.45) is -0.306. The molecule has 0 bridgehead atoms. The van der Waals surface area contributed by atoms with Gasteiger partial charge in [0.15, 0.2) is 0 Å². The Morgan fingerprint density at radius 3 is 1.88 bits per heavy atom. The molecule has 1 aromatic heterocycles. The standard InChI is InChI=1S/C13H10N4O2S.2C4H9NO4S/c18-10-6-7-11(19)12(8-10)20-13-14-15-16-17(13)9-4-2-1-3-5-9;2*1-10(8,9)3-2-5-4(6)7/h1-8,18-19H;2*5H,2-3H2,1H3,(H,6,7). The molecule has 0 saturated carbocycles. The molecule has 2 aromatic carbocycles. The SMILES string of the molecule is CS(=O)(=O)CCNC(=O)O.CS(=O)(=O)CCNC(=O)O.Oc1ccc(O)c(Sc2nnnn2-c2ccccc2)c1. The van der Waals surface area contributed by atoms with Gasteiger partial charge in [0.25, 0.3) is 0 Å². The Morgan fingerprint density at radius 1 is 0.875 bits per heavy atom. The van der Waals surface area contributed by atoms with Crippen molar-refractivity contribution in [1.82, 2.24) is 30.8 Å². The third kappa shape index (κ3) is 15.3. The lowest BCUT2D eigenvalue weighted by Gasteiger charge is -2.05. The van der Waals surface area contributed by atoms with Gasteiger partial charge < -0.3 is 31.1 Å². The number of nitrogens with one attached hydrogen (secondary N) is 2. The van der Waals surface area contributed by atoms with Crippen molar-refractivity contribution in [3.8, 4) is 17.2 Å². The minimum absolute atomic E-state index is 0.0475. The fraction of sp³-hybridized carbons (Fsp3) is 0.286. The topological polar surface area (TPSA) is 251 Å². The number of sulfone groups is 2. The van der Waals surface area contributed by atoms with Crippen LogP contribution in [0.5, 0.6) is 11.5 Å². The summed E-state index contributed by atoms with van der Waals surface area (Å²) in [5, 5.41) is 51.1. The van der Waals surface area contributed by atoms with Gasteiger partial charge in [-0.15, -0.1) is 5.10 Å². The highest BCUT2D eigenvalue weighted by molar-refractivity contribution is 7.99. The van der Waals surface area contributed by atoms with Crippen molar-refractivity contribution in [3.05, 3.63) is 48.5 Å². The van der Waals surface area contributed by atoms with Crippen LogP contribution < -0.4 is 10.6 Å². The van der Waals surface area contributed by atoms with E-state index in [0.717, 1.165) is 18.2 Å². The third-order valence-electron chi connectivity index (χ3n) is 4.08. The van der Waals surface area contributed by atoms with Gasteiger partial charge in [0.1, 0.15) is 31.2 Å². The van der Waals surface area contributed by atoms with Gasteiger partial charge in [-0.05, 0) is 52.5 Å². The molecule has 0 aliphatic carbocycles. The number of carbonyl (C=O) groups is 2. The first-order valence-electron chi connectivity index (χ1n) is 10.9. The summed E-state index contributed by atoms with van der Waals surface area (Å²) in [6.45, 7) is -0.0949. The average molecular weight is 621 g/mol. The maximum atomic E-state index is 10.4. The second kappa shape index (κ2) is 16.1. The maximum absolute atomic E-state index is 10.4. The molecule has 2 amide bonds. The monoisotopic (exact) mass is 620 g/mol. The van der Waals surface area contributed by atoms with E-state index in [1.807, 2.05) is 41.0 Å². The van der Waals surface area contributed by atoms with Crippen LogP contribution in [0.3, 0.4) is 0 Å². The highest BCUT2D eigenvalue weighted by atomic mass is 32.2. The van der Waals surface area contributed by atoms with Crippen LogP contribution in [0.2, 0.25) is 0 Å². The molecule has 0 unspecified atom stereocenters. The molecule has 220 valence electrons. The van der Waals surface area contributed by atoms with Crippen molar-refractivity contribution in [1.29, 1.82) is 0 Å². The first-order chi connectivity index (χ1) is 18.6. The van der Waals surface area contributed by atoms with Crippen LogP contribution in [0.15, 0.2) is 58.6 Å². The Balaban J connectivity index is 0.000000340. The molecule has 0 fully saturated rings. The molecule has 16 nitrogen and oxygen atoms in total. The molecule has 0 saturated heterocycles. The number of benzene rings is 2. The second-order valence-electron chi connectivity index (χ2n) is 7.69. The summed E-state index contributed by atoms with van der Waals surface area (Å²) in [6, 6.07) is 13.7. The highest BCUT2D eigenvalue weighted by Crippen LogP contribution is 2.35. The van der Waals surface area contributed by atoms with Crippen LogP contribution in [0.4, 0.5) is 9.59 Å². The minimum Gasteiger partial charge on any atom is -0.508 e. The van der Waals surface area contributed by atoms with E-state index in [-0.39, 0.29) is 36.1 Å². The lowest BCUT2D eigenvalue weighted by molar-refractivity contribution is 0.194. The summed E-state index contributed by atoms with van der Waals surface area (Å²) in [4.78, 5) is 20.0. The predicted octanol–water partition coefficient (Wildman–Crippen LogP) is 0.822. The number of hydrogen-bond acceptors (Lipinski definition) is 12. The Labute approximate surface area is 233 Å². The molecule has 19 heteroatoms. The number of hydrogen-bond donors (Lipinski definition) is 6. The van der Waals surface area contributed by atoms with Crippen LogP contribution in [0.25, 0.3) is 5.69 Å². The molecule has 0 radical (unpaired) electrons. The van der Waals surface area contributed by atoms with Crippen molar-refractivity contribution in [2.24, 2.45) is 0 Å². The lowest BCUT2D eigenvalue weighted by Crippen LogP contribution is -2.26. The Bertz CT molecular complexity index is 1420. The van der Waals surface area contributed by atoms with Gasteiger partial charge in [0.05, 0.1) is 22.1 Å². The molecule has 0 aliphatic rings. The van der Waals surface area contributed by atoms with Crippen molar-refractivity contribution >= 4 is 43.6 Å². The van der Waals surface area contributed by atoms with Crippen LogP contribution in [-0.4, -0.2) is 107 Å². The number of para-hydroxylation sites is 1. The predicted molar refractivity (Wildman–Crippen MR) is 145 cm³/mol. The molecular formula is C21H28N6O10S3. The van der Waals surface area contributed by atoms with E-state index in [2.05, 4.69) is 15.5 Å². The van der Waals surface area contributed by atoms with E-state index >= 15 is 0 Å². The largest absolute Gasteiger partial charge is 0.508 e. The molecule has 0 spiro atoms. The van der Waals surface area contributed by atoms with Crippen LogP contribution in [0.1, 0.15) is 0 Å². The quantitative estimate of drug-likeness (QED) is 0.181. The van der Waals surface area contributed by atoms with Crippen molar-refractivity contribution < 1.29 is 46.9 Å². The van der Waals surface area contributed by atoms with Gasteiger partial charge in [-0.2, -0.15) is 4.68 Å². The van der Waals surface area contributed by atoms with Gasteiger partial charge in [-0.3, -0.25) is 0 Å². The van der Waals surface area contributed by atoms with E-state index in [0.29, 0.717) is 10.1 Å². The number of phenols is 2. The lowest BCUT2D eigenvalue weighted by atomic mass is 10.3. The first-order valence-corrected chi connectivity index (χ1v) is 15.8. The van der Waals surface area contributed by atoms with Gasteiger partial charge in [-0.25, -0.2) is 26.4 Å². The smallest absolute Gasteiger partial charge is 0.404 e. The van der Waals surface area contributed by atoms with Gasteiger partial charge >= 0.3 is 12.2 Å². The maximum Gasteiger partial charge on any atom is 0.404 e. The Morgan fingerprint density at radius 2 is 1.40 bits per heavy atom. The number of nitrogens with zero attached hydrogens (tertiary/aromatic N) is 4. The molecule has 3 aromatic rings. The summed E-state index contributed by atoms with van der Waals surface area (Å²) in [7, 11) is -6.09. The number of phenolic OH excluding ortho intramolecular Hbond substituents is 2. The Kier molecular flexibility index (Phi) is 13.7. The van der Waals surface area contributed by atoms with Crippen molar-refractivity contribution in [3.63, 3.8) is 0 Å². The van der Waals surface area contributed by atoms with E-state index < -0.39 is 31.9 Å². The fourth-order valence-electron chi connectivity index (χ4n) is 2.34. The zero-order chi connectivity index (χ0) is 30.3. The van der Waals surface area contributed by atoms with E-state index in [1.54, 1.807) is 4.68 Å². The first kappa shape index (κ1) is 33.9. The normalized spacial score (nSPS) is 10.8. The molecule has 40 heavy (non-hydrogen) atoms. The van der Waals surface area contributed by atoms with E-state index in [9.17, 15) is 36.6 Å². The average Bonchev–Trinajstić information content (AvgIpc) is 3.29. The van der Waals surface area contributed by atoms with Crippen LogP contribution in [0, 0.1) is 0 Å². The van der Waals surface area contributed by atoms with E-state index in [4.69, 9.17) is 10.2 Å². The minimum atomic E-state index is -3.05. The number of aromatic nitrogens is 4. The van der Waals surface area contributed by atoms with Gasteiger partial charge in [-0.1, -0.05) is 18.2 Å². The van der Waals surface area contributed by atoms with Gasteiger partial charge in [0.2, 0.25) is 5.16 Å². The molecule has 6 N–H and O–H groups in total. The summed E-state index contributed by atoms with van der Waals surface area (Å²) < 4.78 is 43.1. The number of carboxylic acid groups (broad SMARTS) is 2. The molecule has 1 heterocycles. The number of tetrazole rings is 1. The highest BCUT2D eigenvalue weighted by Gasteiger charge is 2.13. The fourth-order valence-corrected chi connectivity index (χ4v) is 4.14. The number of rotatable bonds is 9. The number of amides is 2. The van der Waals surface area contributed by atoms with Crippen molar-refractivity contribution in [2.75, 3.05) is 37.1 Å². The summed E-state index contributed by atoms with van der Waals surface area (Å²) in [5.41, 5.74) is 0.819. The Hall–Kier alpha value is -4.10. The summed E-state index contributed by atoms with van der Waals surface area (Å²) in [5.74, 6) is -0.169. The number of aromatic hydroxyl groups is 2. The second-order valence-corrected chi connectivity index (χ2v) is 13.2. The molecule has 3 rings (SSSR count). The molecule has 0 aliphatic heterocycles. The molecular weight excluding hydrogens is 592 g/mol. The third-order valence-corrected chi connectivity index (χ3v) is 6.96.